The summed E-state index contributed by atoms with van der Waals surface area (Å²) in [7, 11) is 1.51. The molecular formula is C22H23F3N6O4. The topological polar surface area (TPSA) is 112 Å². The lowest BCUT2D eigenvalue weighted by Crippen LogP contribution is -2.41. The molecule has 13 heteroatoms. The first-order valence-corrected chi connectivity index (χ1v) is 10.9. The van der Waals surface area contributed by atoms with Crippen molar-refractivity contribution >= 4 is 22.9 Å². The maximum atomic E-state index is 13.0. The van der Waals surface area contributed by atoms with Gasteiger partial charge in [0.25, 0.3) is 5.91 Å². The summed E-state index contributed by atoms with van der Waals surface area (Å²) in [5.41, 5.74) is 0.497. The van der Waals surface area contributed by atoms with E-state index >= 15 is 0 Å². The van der Waals surface area contributed by atoms with E-state index in [-0.39, 0.29) is 12.5 Å². The van der Waals surface area contributed by atoms with Crippen LogP contribution in [0.2, 0.25) is 0 Å². The summed E-state index contributed by atoms with van der Waals surface area (Å²) in [4.78, 5) is 25.3. The summed E-state index contributed by atoms with van der Waals surface area (Å²) < 4.78 is 58.7. The number of nitrogens with zero attached hydrogens (tertiary/aromatic N) is 4. The number of anilines is 1. The lowest BCUT2D eigenvalue weighted by atomic mass is 10.1. The van der Waals surface area contributed by atoms with Crippen LogP contribution < -0.4 is 10.6 Å². The molecule has 0 radical (unpaired) electrons. The molecule has 5 rings (SSSR count). The Morgan fingerprint density at radius 1 is 1.17 bits per heavy atom. The molecule has 0 saturated carbocycles. The van der Waals surface area contributed by atoms with Crippen molar-refractivity contribution in [3.8, 4) is 0 Å². The van der Waals surface area contributed by atoms with Gasteiger partial charge < -0.3 is 24.8 Å². The molecule has 2 fully saturated rings. The summed E-state index contributed by atoms with van der Waals surface area (Å²) in [6.07, 6.45) is -4.49. The van der Waals surface area contributed by atoms with Gasteiger partial charge in [0, 0.05) is 13.6 Å². The van der Waals surface area contributed by atoms with Crippen LogP contribution in [0, 0.1) is 0 Å². The number of rotatable bonds is 5. The Balaban J connectivity index is 1.42. The molecule has 2 aliphatic rings. The second kappa shape index (κ2) is 8.43. The third kappa shape index (κ3) is 4.30. The Hall–Kier alpha value is -3.29. The summed E-state index contributed by atoms with van der Waals surface area (Å²) in [5.74, 6) is -0.911. The van der Waals surface area contributed by atoms with Gasteiger partial charge in [-0.3, -0.25) is 9.36 Å². The highest BCUT2D eigenvalue weighted by atomic mass is 19.4. The third-order valence-electron chi connectivity index (χ3n) is 5.88. The van der Waals surface area contributed by atoms with Crippen molar-refractivity contribution in [1.82, 2.24) is 24.8 Å². The minimum Gasteiger partial charge on any atom is -0.364 e. The van der Waals surface area contributed by atoms with Gasteiger partial charge in [-0.2, -0.15) is 13.2 Å². The van der Waals surface area contributed by atoms with Crippen LogP contribution in [0.5, 0.6) is 0 Å². The maximum Gasteiger partial charge on any atom is 0.416 e. The van der Waals surface area contributed by atoms with E-state index < -0.39 is 42.1 Å². The number of imidazole rings is 1. The van der Waals surface area contributed by atoms with Gasteiger partial charge in [-0.25, -0.2) is 15.0 Å². The maximum absolute atomic E-state index is 13.0. The predicted molar refractivity (Wildman–Crippen MR) is 116 cm³/mol. The quantitative estimate of drug-likeness (QED) is 0.559. The Morgan fingerprint density at radius 2 is 1.94 bits per heavy atom. The van der Waals surface area contributed by atoms with Crippen molar-refractivity contribution < 1.29 is 32.2 Å². The van der Waals surface area contributed by atoms with E-state index in [1.807, 2.05) is 0 Å². The van der Waals surface area contributed by atoms with Gasteiger partial charge in [-0.15, -0.1) is 0 Å². The Labute approximate surface area is 197 Å². The average Bonchev–Trinajstić information content (AvgIpc) is 3.47. The number of benzene rings is 1. The van der Waals surface area contributed by atoms with E-state index in [9.17, 15) is 18.0 Å². The number of ether oxygens (including phenoxy) is 3. The number of fused-ring (bicyclic) bond motifs is 2. The molecule has 4 heterocycles. The lowest BCUT2D eigenvalue weighted by Gasteiger charge is -2.24. The molecule has 4 unspecified atom stereocenters. The Bertz CT molecular complexity index is 1260. The molecule has 186 valence electrons. The Kier molecular flexibility index (Phi) is 5.65. The van der Waals surface area contributed by atoms with Gasteiger partial charge in [-0.05, 0) is 31.5 Å². The summed E-state index contributed by atoms with van der Waals surface area (Å²) in [6, 6.07) is 5.04. The molecule has 1 amide bonds. The van der Waals surface area contributed by atoms with E-state index in [2.05, 4.69) is 25.6 Å². The van der Waals surface area contributed by atoms with Crippen LogP contribution in [0.1, 0.15) is 31.2 Å². The summed E-state index contributed by atoms with van der Waals surface area (Å²) in [6.45, 7) is 3.61. The van der Waals surface area contributed by atoms with E-state index in [0.717, 1.165) is 12.1 Å². The monoisotopic (exact) mass is 492 g/mol. The molecule has 1 aromatic carbocycles. The molecule has 0 bridgehead atoms. The molecule has 2 aliphatic heterocycles. The molecule has 35 heavy (non-hydrogen) atoms. The van der Waals surface area contributed by atoms with Crippen LogP contribution in [0.25, 0.3) is 11.2 Å². The van der Waals surface area contributed by atoms with Crippen LogP contribution in [-0.2, 0) is 31.7 Å². The predicted octanol–water partition coefficient (Wildman–Crippen LogP) is 2.62. The number of hydrogen-bond donors (Lipinski definition) is 2. The number of hydrogen-bond acceptors (Lipinski definition) is 8. The van der Waals surface area contributed by atoms with Crippen molar-refractivity contribution in [2.75, 3.05) is 12.4 Å². The second-order valence-corrected chi connectivity index (χ2v) is 8.72. The highest BCUT2D eigenvalue weighted by molar-refractivity contribution is 5.83. The highest BCUT2D eigenvalue weighted by Gasteiger charge is 2.58. The highest BCUT2D eigenvalue weighted by Crippen LogP contribution is 2.44. The zero-order valence-electron chi connectivity index (χ0n) is 19.0. The van der Waals surface area contributed by atoms with Crippen LogP contribution in [0.3, 0.4) is 0 Å². The summed E-state index contributed by atoms with van der Waals surface area (Å²) in [5, 5.41) is 5.60. The minimum absolute atomic E-state index is 0.0946. The van der Waals surface area contributed by atoms with Crippen molar-refractivity contribution in [2.24, 2.45) is 0 Å². The first kappa shape index (κ1) is 23.5. The van der Waals surface area contributed by atoms with Crippen LogP contribution in [-0.4, -0.2) is 56.6 Å². The minimum atomic E-state index is -4.43. The molecule has 2 saturated heterocycles. The standard InChI is InChI=1S/C22H23F3N6O4/c1-21(2)34-14-15(19(32)26-3)33-20(16(14)35-21)31-10-30-13-17(28-9-29-18(13)31)27-8-11-5-4-6-12(7-11)22(23,24)25/h4-7,9-10,14-16,20H,8H2,1-3H3,(H,26,32)(H,27,28,29). The molecular weight excluding hydrogens is 469 g/mol. The molecule has 4 atom stereocenters. The van der Waals surface area contributed by atoms with Crippen molar-refractivity contribution in [1.29, 1.82) is 0 Å². The first-order valence-electron chi connectivity index (χ1n) is 10.9. The number of nitrogens with one attached hydrogen (secondary N) is 2. The van der Waals surface area contributed by atoms with E-state index in [4.69, 9.17) is 14.2 Å². The fourth-order valence-corrected chi connectivity index (χ4v) is 4.37. The lowest BCUT2D eigenvalue weighted by molar-refractivity contribution is -0.197. The van der Waals surface area contributed by atoms with Crippen LogP contribution >= 0.6 is 0 Å². The number of amides is 1. The normalized spacial score (nSPS) is 25.5. The van der Waals surface area contributed by atoms with Crippen molar-refractivity contribution in [3.63, 3.8) is 0 Å². The molecule has 3 aromatic rings. The zero-order valence-corrected chi connectivity index (χ0v) is 19.0. The van der Waals surface area contributed by atoms with E-state index in [1.165, 1.54) is 25.8 Å². The molecule has 2 aromatic heterocycles. The second-order valence-electron chi connectivity index (χ2n) is 8.72. The smallest absolute Gasteiger partial charge is 0.364 e. The van der Waals surface area contributed by atoms with E-state index in [1.54, 1.807) is 24.5 Å². The van der Waals surface area contributed by atoms with Crippen LogP contribution in [0.15, 0.2) is 36.9 Å². The van der Waals surface area contributed by atoms with E-state index in [0.29, 0.717) is 22.5 Å². The van der Waals surface area contributed by atoms with Gasteiger partial charge >= 0.3 is 6.18 Å². The number of carbonyl (C=O) groups excluding carboxylic acids is 1. The fraction of sp³-hybridized carbons (Fsp3) is 0.455. The first-order chi connectivity index (χ1) is 16.6. The third-order valence-corrected chi connectivity index (χ3v) is 5.88. The number of carbonyl (C=O) groups is 1. The number of halogens is 3. The number of aromatic nitrogens is 4. The van der Waals surface area contributed by atoms with Gasteiger partial charge in [0.1, 0.15) is 18.5 Å². The Morgan fingerprint density at radius 3 is 2.69 bits per heavy atom. The SMILES string of the molecule is CNC(=O)C1OC(n2cnc3c(NCc4cccc(C(F)(F)F)c4)ncnc32)C2OC(C)(C)OC12. The molecule has 0 spiro atoms. The molecule has 0 aliphatic carbocycles. The van der Waals surface area contributed by atoms with Gasteiger partial charge in [0.15, 0.2) is 35.1 Å². The van der Waals surface area contributed by atoms with Gasteiger partial charge in [-0.1, -0.05) is 12.1 Å². The van der Waals surface area contributed by atoms with Crippen molar-refractivity contribution in [3.05, 3.63) is 48.0 Å². The number of likely N-dealkylation sites (N-methyl/N-ethyl adjacent to an activating group) is 1. The number of alkyl halides is 3. The largest absolute Gasteiger partial charge is 0.416 e. The van der Waals surface area contributed by atoms with Gasteiger partial charge in [0.05, 0.1) is 11.9 Å². The average molecular weight is 492 g/mol. The van der Waals surface area contributed by atoms with Crippen LogP contribution in [0.4, 0.5) is 19.0 Å². The van der Waals surface area contributed by atoms with Crippen molar-refractivity contribution in [2.45, 2.75) is 56.9 Å². The molecule has 2 N–H and O–H groups in total. The fourth-order valence-electron chi connectivity index (χ4n) is 4.37. The summed E-state index contributed by atoms with van der Waals surface area (Å²) >= 11 is 0. The van der Waals surface area contributed by atoms with Gasteiger partial charge in [0.2, 0.25) is 0 Å². The molecule has 10 nitrogen and oxygen atoms in total. The zero-order chi connectivity index (χ0) is 25.0.